The zero-order chi connectivity index (χ0) is 9.68. The molecule has 0 spiro atoms. The van der Waals surface area contributed by atoms with Crippen LogP contribution in [0.5, 0.6) is 0 Å². The van der Waals surface area contributed by atoms with Gasteiger partial charge in [0.05, 0.1) is 0 Å². The first-order chi connectivity index (χ1) is 6.24. The Hall–Kier alpha value is -0.750. The highest BCUT2D eigenvalue weighted by molar-refractivity contribution is 7.77. The van der Waals surface area contributed by atoms with Crippen molar-refractivity contribution in [2.75, 3.05) is 0 Å². The van der Waals surface area contributed by atoms with Crippen molar-refractivity contribution >= 4 is 11.3 Å². The molecule has 0 saturated carbocycles. The van der Waals surface area contributed by atoms with Gasteiger partial charge in [0.1, 0.15) is 0 Å². The first-order valence-corrected chi connectivity index (χ1v) is 4.91. The number of nitrogens with two attached hydrogens (primary N) is 1. The minimum absolute atomic E-state index is 0.295. The predicted octanol–water partition coefficient (Wildman–Crippen LogP) is 0.0290. The van der Waals surface area contributed by atoms with E-state index >= 15 is 0 Å². The molecule has 1 aromatic carbocycles. The van der Waals surface area contributed by atoms with Crippen molar-refractivity contribution in [3.63, 3.8) is 0 Å². The molecule has 0 radical (unpaired) electrons. The molecule has 1 rings (SSSR count). The van der Waals surface area contributed by atoms with E-state index in [1.807, 2.05) is 24.3 Å². The second-order valence-electron chi connectivity index (χ2n) is 2.53. The van der Waals surface area contributed by atoms with Gasteiger partial charge in [-0.05, 0) is 11.1 Å². The maximum absolute atomic E-state index is 10.2. The lowest BCUT2D eigenvalue weighted by atomic mass is 10.1. The average Bonchev–Trinajstić information content (AvgIpc) is 2.15. The molecule has 1 aromatic rings. The first kappa shape index (κ1) is 10.3. The van der Waals surface area contributed by atoms with Crippen LogP contribution in [0.2, 0.25) is 0 Å². The molecule has 0 aliphatic heterocycles. The van der Waals surface area contributed by atoms with Crippen molar-refractivity contribution in [1.29, 1.82) is 0 Å². The summed E-state index contributed by atoms with van der Waals surface area (Å²) in [6, 6.07) is 7.45. The number of hydrogen-bond donors (Lipinski definition) is 2. The van der Waals surface area contributed by atoms with Gasteiger partial charge in [-0.25, -0.2) is 4.72 Å². The largest absolute Gasteiger partial charge is 0.760 e. The molecule has 0 aliphatic rings. The molecule has 3 N–H and O–H groups in total. The third kappa shape index (κ3) is 3.23. The lowest BCUT2D eigenvalue weighted by Crippen LogP contribution is -2.17. The Balaban J connectivity index is 2.69. The van der Waals surface area contributed by atoms with Crippen LogP contribution in [0.15, 0.2) is 24.3 Å². The van der Waals surface area contributed by atoms with Crippen molar-refractivity contribution in [1.82, 2.24) is 4.72 Å². The molecule has 72 valence electrons. The van der Waals surface area contributed by atoms with Gasteiger partial charge in [-0.15, -0.1) is 0 Å². The van der Waals surface area contributed by atoms with Crippen LogP contribution in [-0.2, 0) is 24.4 Å². The topological polar surface area (TPSA) is 78.2 Å². The molecule has 13 heavy (non-hydrogen) atoms. The summed E-state index contributed by atoms with van der Waals surface area (Å²) in [4.78, 5) is 0. The van der Waals surface area contributed by atoms with Gasteiger partial charge < -0.3 is 10.3 Å². The molecular formula is C8H11N2O2S-. The second-order valence-corrected chi connectivity index (χ2v) is 3.29. The predicted molar refractivity (Wildman–Crippen MR) is 50.1 cm³/mol. The Morgan fingerprint density at radius 2 is 2.00 bits per heavy atom. The Bertz CT molecular complexity index is 304. The van der Waals surface area contributed by atoms with Crippen LogP contribution in [0.4, 0.5) is 0 Å². The molecule has 0 saturated heterocycles. The minimum Gasteiger partial charge on any atom is -0.760 e. The monoisotopic (exact) mass is 199 g/mol. The molecule has 1 atom stereocenters. The molecule has 1 unspecified atom stereocenters. The van der Waals surface area contributed by atoms with Gasteiger partial charge in [-0.1, -0.05) is 24.3 Å². The van der Waals surface area contributed by atoms with Crippen LogP contribution in [0.3, 0.4) is 0 Å². The van der Waals surface area contributed by atoms with Crippen LogP contribution in [0.25, 0.3) is 0 Å². The molecule has 4 nitrogen and oxygen atoms in total. The maximum atomic E-state index is 10.2. The van der Waals surface area contributed by atoms with Crippen LogP contribution in [-0.4, -0.2) is 8.76 Å². The van der Waals surface area contributed by atoms with Gasteiger partial charge in [0, 0.05) is 24.4 Å². The van der Waals surface area contributed by atoms with Crippen molar-refractivity contribution in [3.8, 4) is 0 Å². The molecule has 0 aromatic heterocycles. The Labute approximate surface area is 79.6 Å². The van der Waals surface area contributed by atoms with E-state index in [0.717, 1.165) is 11.1 Å². The SMILES string of the molecule is NCc1ccccc1CNS(=O)[O-]. The first-order valence-electron chi connectivity index (χ1n) is 3.83. The summed E-state index contributed by atoms with van der Waals surface area (Å²) < 4.78 is 22.8. The molecule has 0 fully saturated rings. The lowest BCUT2D eigenvalue weighted by molar-refractivity contribution is 0.522. The standard InChI is InChI=1S/C8H12N2O2S/c9-5-7-3-1-2-4-8(7)6-10-13(11)12/h1-4,10H,5-6,9H2,(H,11,12)/p-1. The minimum atomic E-state index is -2.22. The fourth-order valence-electron chi connectivity index (χ4n) is 1.07. The van der Waals surface area contributed by atoms with E-state index in [1.54, 1.807) is 0 Å². The summed E-state index contributed by atoms with van der Waals surface area (Å²) in [6.07, 6.45) is 0. The fraction of sp³-hybridized carbons (Fsp3) is 0.250. The van der Waals surface area contributed by atoms with Crippen molar-refractivity contribution in [2.45, 2.75) is 13.1 Å². The fourth-order valence-corrected chi connectivity index (χ4v) is 1.34. The van der Waals surface area contributed by atoms with Gasteiger partial charge in [0.15, 0.2) is 0 Å². The number of nitrogens with one attached hydrogen (secondary N) is 1. The zero-order valence-corrected chi connectivity index (χ0v) is 7.84. The Kier molecular flexibility index (Phi) is 4.04. The highest BCUT2D eigenvalue weighted by atomic mass is 32.2. The van der Waals surface area contributed by atoms with Crippen LogP contribution >= 0.6 is 0 Å². The molecule has 0 heterocycles. The van der Waals surface area contributed by atoms with Crippen molar-refractivity contribution in [2.24, 2.45) is 5.73 Å². The summed E-state index contributed by atoms with van der Waals surface area (Å²) in [5.74, 6) is 0. The molecule has 0 bridgehead atoms. The maximum Gasteiger partial charge on any atom is 0.0325 e. The summed E-state index contributed by atoms with van der Waals surface area (Å²) in [7, 11) is 0. The average molecular weight is 199 g/mol. The van der Waals surface area contributed by atoms with Gasteiger partial charge >= 0.3 is 0 Å². The van der Waals surface area contributed by atoms with Crippen molar-refractivity contribution < 1.29 is 8.76 Å². The van der Waals surface area contributed by atoms with E-state index in [1.165, 1.54) is 0 Å². The van der Waals surface area contributed by atoms with E-state index in [4.69, 9.17) is 5.73 Å². The quantitative estimate of drug-likeness (QED) is 0.671. The van der Waals surface area contributed by atoms with Gasteiger partial charge in [-0.2, -0.15) is 0 Å². The van der Waals surface area contributed by atoms with E-state index in [9.17, 15) is 8.76 Å². The zero-order valence-electron chi connectivity index (χ0n) is 7.03. The third-order valence-corrected chi connectivity index (χ3v) is 2.10. The Morgan fingerprint density at radius 3 is 2.54 bits per heavy atom. The van der Waals surface area contributed by atoms with E-state index < -0.39 is 11.3 Å². The van der Waals surface area contributed by atoms with E-state index in [-0.39, 0.29) is 0 Å². The lowest BCUT2D eigenvalue weighted by Gasteiger charge is -2.10. The summed E-state index contributed by atoms with van der Waals surface area (Å²) in [5, 5.41) is 0. The summed E-state index contributed by atoms with van der Waals surface area (Å²) >= 11 is -2.22. The molecular weight excluding hydrogens is 188 g/mol. The highest BCUT2D eigenvalue weighted by Crippen LogP contribution is 2.06. The number of benzene rings is 1. The molecule has 0 aliphatic carbocycles. The second kappa shape index (κ2) is 5.08. The van der Waals surface area contributed by atoms with Gasteiger partial charge in [0.2, 0.25) is 0 Å². The summed E-state index contributed by atoms with van der Waals surface area (Å²) in [6.45, 7) is 0.715. The number of hydrogen-bond acceptors (Lipinski definition) is 3. The van der Waals surface area contributed by atoms with E-state index in [2.05, 4.69) is 4.72 Å². The van der Waals surface area contributed by atoms with Gasteiger partial charge in [0.25, 0.3) is 0 Å². The third-order valence-electron chi connectivity index (χ3n) is 1.72. The normalized spacial score (nSPS) is 12.8. The van der Waals surface area contributed by atoms with Crippen LogP contribution in [0.1, 0.15) is 11.1 Å². The molecule has 5 heteroatoms. The smallest absolute Gasteiger partial charge is 0.0325 e. The van der Waals surface area contributed by atoms with Crippen LogP contribution in [0, 0.1) is 0 Å². The highest BCUT2D eigenvalue weighted by Gasteiger charge is 1.98. The number of rotatable bonds is 4. The van der Waals surface area contributed by atoms with Crippen molar-refractivity contribution in [3.05, 3.63) is 35.4 Å². The molecule has 0 amide bonds. The summed E-state index contributed by atoms with van der Waals surface area (Å²) in [5.41, 5.74) is 7.35. The Morgan fingerprint density at radius 1 is 1.38 bits per heavy atom. The van der Waals surface area contributed by atoms with E-state index in [0.29, 0.717) is 13.1 Å². The van der Waals surface area contributed by atoms with Crippen LogP contribution < -0.4 is 10.5 Å². The van der Waals surface area contributed by atoms with Gasteiger partial charge in [-0.3, -0.25) is 4.21 Å².